The van der Waals surface area contributed by atoms with E-state index in [9.17, 15) is 13.2 Å². The summed E-state index contributed by atoms with van der Waals surface area (Å²) in [7, 11) is 0. The van der Waals surface area contributed by atoms with Crippen molar-refractivity contribution < 1.29 is 13.2 Å². The highest BCUT2D eigenvalue weighted by Crippen LogP contribution is 2.37. The van der Waals surface area contributed by atoms with Gasteiger partial charge in [0.15, 0.2) is 0 Å². The first-order valence-corrected chi connectivity index (χ1v) is 10.9. The molecule has 0 spiro atoms. The highest BCUT2D eigenvalue weighted by atomic mass is 19.4. The number of anilines is 1. The summed E-state index contributed by atoms with van der Waals surface area (Å²) in [5.41, 5.74) is 0.469. The first kappa shape index (κ1) is 24.8. The SMILES string of the molecule is C=C(/C=C\C)/C(=C\CC(C)C)c1nc(N[C@H]2CCC[C@@H]2C(=N)CC)ncc1C(F)(F)F. The molecule has 1 heterocycles. The Morgan fingerprint density at radius 2 is 2.06 bits per heavy atom. The Bertz CT molecular complexity index is 853. The van der Waals surface area contributed by atoms with E-state index in [2.05, 4.69) is 21.9 Å². The van der Waals surface area contributed by atoms with Gasteiger partial charge in [0.25, 0.3) is 0 Å². The summed E-state index contributed by atoms with van der Waals surface area (Å²) in [5.74, 6) is 0.502. The second kappa shape index (κ2) is 10.7. The van der Waals surface area contributed by atoms with Gasteiger partial charge in [0.05, 0.1) is 5.69 Å². The predicted molar refractivity (Wildman–Crippen MR) is 121 cm³/mol. The molecule has 1 aromatic heterocycles. The number of hydrogen-bond donors (Lipinski definition) is 2. The molecule has 0 aromatic carbocycles. The van der Waals surface area contributed by atoms with Gasteiger partial charge < -0.3 is 10.7 Å². The van der Waals surface area contributed by atoms with Crippen molar-refractivity contribution in [3.63, 3.8) is 0 Å². The molecular formula is C24H33F3N4. The fraction of sp³-hybridized carbons (Fsp3) is 0.542. The number of allylic oxidation sites excluding steroid dienone is 5. The summed E-state index contributed by atoms with van der Waals surface area (Å²) in [6.07, 6.45) is 5.46. The van der Waals surface area contributed by atoms with E-state index in [1.54, 1.807) is 25.2 Å². The molecular weight excluding hydrogens is 401 g/mol. The van der Waals surface area contributed by atoms with Gasteiger partial charge >= 0.3 is 6.18 Å². The van der Waals surface area contributed by atoms with E-state index < -0.39 is 11.7 Å². The molecule has 4 nitrogen and oxygen atoms in total. The lowest BCUT2D eigenvalue weighted by atomic mass is 9.95. The normalized spacial score (nSPS) is 19.9. The maximum atomic E-state index is 13.8. The van der Waals surface area contributed by atoms with Crippen LogP contribution in [0.2, 0.25) is 0 Å². The maximum absolute atomic E-state index is 13.8. The van der Waals surface area contributed by atoms with Crippen LogP contribution in [0.4, 0.5) is 19.1 Å². The fourth-order valence-electron chi connectivity index (χ4n) is 3.87. The topological polar surface area (TPSA) is 61.7 Å². The smallest absolute Gasteiger partial charge is 0.351 e. The number of alkyl halides is 3. The molecule has 0 bridgehead atoms. The van der Waals surface area contributed by atoms with Crippen LogP contribution in [0, 0.1) is 17.2 Å². The first-order valence-electron chi connectivity index (χ1n) is 10.9. The van der Waals surface area contributed by atoms with Crippen LogP contribution in [0.25, 0.3) is 5.57 Å². The molecule has 2 rings (SSSR count). The highest BCUT2D eigenvalue weighted by molar-refractivity contribution is 5.85. The lowest BCUT2D eigenvalue weighted by molar-refractivity contribution is -0.138. The van der Waals surface area contributed by atoms with Crippen molar-refractivity contribution in [1.82, 2.24) is 9.97 Å². The van der Waals surface area contributed by atoms with E-state index in [0.29, 0.717) is 29.7 Å². The number of halogens is 3. The largest absolute Gasteiger partial charge is 0.419 e. The summed E-state index contributed by atoms with van der Waals surface area (Å²) in [4.78, 5) is 8.31. The lowest BCUT2D eigenvalue weighted by Gasteiger charge is -2.22. The predicted octanol–water partition coefficient (Wildman–Crippen LogP) is 7.07. The van der Waals surface area contributed by atoms with Crippen molar-refractivity contribution in [1.29, 1.82) is 5.41 Å². The van der Waals surface area contributed by atoms with Crippen molar-refractivity contribution in [2.45, 2.75) is 72.0 Å². The van der Waals surface area contributed by atoms with Crippen molar-refractivity contribution in [3.05, 3.63) is 47.8 Å². The molecule has 1 aliphatic rings. The molecule has 0 saturated heterocycles. The first-order chi connectivity index (χ1) is 14.6. The van der Waals surface area contributed by atoms with E-state index in [-0.39, 0.29) is 29.5 Å². The maximum Gasteiger partial charge on any atom is 0.419 e. The van der Waals surface area contributed by atoms with Gasteiger partial charge in [-0.2, -0.15) is 13.2 Å². The van der Waals surface area contributed by atoms with E-state index >= 15 is 0 Å². The zero-order chi connectivity index (χ0) is 23.2. The molecule has 1 saturated carbocycles. The summed E-state index contributed by atoms with van der Waals surface area (Å²) >= 11 is 0. The Morgan fingerprint density at radius 3 is 2.65 bits per heavy atom. The van der Waals surface area contributed by atoms with Gasteiger partial charge in [-0.1, -0.05) is 52.0 Å². The fourth-order valence-corrected chi connectivity index (χ4v) is 3.87. The minimum absolute atomic E-state index is 0.0427. The third-order valence-corrected chi connectivity index (χ3v) is 5.52. The van der Waals surface area contributed by atoms with Crippen LogP contribution < -0.4 is 5.32 Å². The van der Waals surface area contributed by atoms with E-state index in [0.717, 1.165) is 25.5 Å². The Hall–Kier alpha value is -2.44. The Balaban J connectivity index is 2.51. The zero-order valence-corrected chi connectivity index (χ0v) is 18.8. The zero-order valence-electron chi connectivity index (χ0n) is 18.8. The Kier molecular flexibility index (Phi) is 8.60. The van der Waals surface area contributed by atoms with Gasteiger partial charge in [-0.25, -0.2) is 9.97 Å². The van der Waals surface area contributed by atoms with Gasteiger partial charge in [-0.15, -0.1) is 0 Å². The van der Waals surface area contributed by atoms with E-state index in [1.807, 2.05) is 20.8 Å². The van der Waals surface area contributed by atoms with Gasteiger partial charge in [-0.05, 0) is 44.1 Å². The summed E-state index contributed by atoms with van der Waals surface area (Å²) in [6.45, 7) is 11.7. The van der Waals surface area contributed by atoms with Crippen LogP contribution in [-0.2, 0) is 6.18 Å². The minimum atomic E-state index is -4.58. The molecule has 1 fully saturated rings. The number of aromatic nitrogens is 2. The minimum Gasteiger partial charge on any atom is -0.351 e. The number of nitrogens with zero attached hydrogens (tertiary/aromatic N) is 2. The Morgan fingerprint density at radius 1 is 1.35 bits per heavy atom. The van der Waals surface area contributed by atoms with Gasteiger partial charge in [0.2, 0.25) is 5.95 Å². The van der Waals surface area contributed by atoms with E-state index in [4.69, 9.17) is 5.41 Å². The summed E-state index contributed by atoms with van der Waals surface area (Å²) in [5, 5.41) is 11.4. The third-order valence-electron chi connectivity index (χ3n) is 5.52. The molecule has 170 valence electrons. The number of rotatable bonds is 9. The summed E-state index contributed by atoms with van der Waals surface area (Å²) in [6, 6.07) is -0.0427. The summed E-state index contributed by atoms with van der Waals surface area (Å²) < 4.78 is 41.4. The Labute approximate surface area is 183 Å². The molecule has 0 unspecified atom stereocenters. The van der Waals surface area contributed by atoms with Crippen LogP contribution in [0.1, 0.15) is 71.1 Å². The van der Waals surface area contributed by atoms with Gasteiger partial charge in [0, 0.05) is 29.4 Å². The standard InChI is InChI=1S/C24H33F3N4/c1-6-9-16(5)17(13-12-15(3)4)22-19(24(25,26)27)14-29-23(31-22)30-21-11-8-10-18(21)20(28)7-2/h6,9,13-15,18,21,28H,5,7-8,10-12H2,1-4H3,(H,29,30,31)/b9-6-,17-13+,28-20?/t18-,21+/m1/s1. The second-order valence-electron chi connectivity index (χ2n) is 8.39. The van der Waals surface area contributed by atoms with Crippen LogP contribution >= 0.6 is 0 Å². The second-order valence-corrected chi connectivity index (χ2v) is 8.39. The molecule has 0 radical (unpaired) electrons. The average molecular weight is 435 g/mol. The molecule has 2 atom stereocenters. The van der Waals surface area contributed by atoms with Crippen molar-refractivity contribution >= 4 is 17.2 Å². The molecule has 31 heavy (non-hydrogen) atoms. The molecule has 7 heteroatoms. The monoisotopic (exact) mass is 434 g/mol. The molecule has 0 amide bonds. The number of hydrogen-bond acceptors (Lipinski definition) is 4. The van der Waals surface area contributed by atoms with Crippen molar-refractivity contribution in [2.24, 2.45) is 11.8 Å². The molecule has 2 N–H and O–H groups in total. The van der Waals surface area contributed by atoms with Crippen LogP contribution in [0.3, 0.4) is 0 Å². The van der Waals surface area contributed by atoms with Gasteiger partial charge in [-0.3, -0.25) is 0 Å². The van der Waals surface area contributed by atoms with Crippen LogP contribution in [0.15, 0.2) is 36.6 Å². The lowest BCUT2D eigenvalue weighted by Crippen LogP contribution is -2.30. The molecule has 1 aliphatic carbocycles. The van der Waals surface area contributed by atoms with Crippen LogP contribution in [0.5, 0.6) is 0 Å². The van der Waals surface area contributed by atoms with Crippen LogP contribution in [-0.4, -0.2) is 21.7 Å². The average Bonchev–Trinajstić information content (AvgIpc) is 3.15. The van der Waals surface area contributed by atoms with E-state index in [1.165, 1.54) is 0 Å². The van der Waals surface area contributed by atoms with Gasteiger partial charge in [0.1, 0.15) is 5.56 Å². The molecule has 0 aliphatic heterocycles. The third kappa shape index (κ3) is 6.52. The van der Waals surface area contributed by atoms with Crippen molar-refractivity contribution in [2.75, 3.05) is 5.32 Å². The highest BCUT2D eigenvalue weighted by Gasteiger charge is 2.37. The molecule has 1 aromatic rings. The van der Waals surface area contributed by atoms with Crippen molar-refractivity contribution in [3.8, 4) is 0 Å². The quantitative estimate of drug-likeness (QED) is 0.323. The number of nitrogens with one attached hydrogen (secondary N) is 2.